The van der Waals surface area contributed by atoms with Gasteiger partial charge in [0, 0.05) is 12.6 Å². The lowest BCUT2D eigenvalue weighted by Gasteiger charge is -2.19. The summed E-state index contributed by atoms with van der Waals surface area (Å²) in [5, 5.41) is 3.15. The van der Waals surface area contributed by atoms with Gasteiger partial charge in [-0.25, -0.2) is 0 Å². The Morgan fingerprint density at radius 3 is 2.38 bits per heavy atom. The Labute approximate surface area is 81.8 Å². The molecule has 0 fully saturated rings. The largest absolute Gasteiger partial charge is 0.379 e. The Morgan fingerprint density at radius 1 is 1.15 bits per heavy atom. The van der Waals surface area contributed by atoms with Crippen molar-refractivity contribution in [2.45, 2.75) is 39.3 Å². The van der Waals surface area contributed by atoms with Crippen molar-refractivity contribution in [3.8, 4) is 0 Å². The highest BCUT2D eigenvalue weighted by molar-refractivity contribution is 4.65. The zero-order valence-corrected chi connectivity index (χ0v) is 9.30. The molecule has 0 rings (SSSR count). The van der Waals surface area contributed by atoms with Crippen LogP contribution < -0.4 is 5.32 Å². The minimum Gasteiger partial charge on any atom is -0.379 e. The van der Waals surface area contributed by atoms with Gasteiger partial charge in [0.2, 0.25) is 0 Å². The van der Waals surface area contributed by atoms with Crippen LogP contribution in [-0.4, -0.2) is 39.0 Å². The molecule has 0 saturated carbocycles. The fraction of sp³-hybridized carbons (Fsp3) is 1.00. The van der Waals surface area contributed by atoms with E-state index in [4.69, 9.17) is 9.47 Å². The van der Waals surface area contributed by atoms with Crippen LogP contribution in [0.4, 0.5) is 0 Å². The van der Waals surface area contributed by atoms with Crippen molar-refractivity contribution in [2.24, 2.45) is 0 Å². The van der Waals surface area contributed by atoms with Gasteiger partial charge in [-0.2, -0.15) is 0 Å². The van der Waals surface area contributed by atoms with Gasteiger partial charge in [0.15, 0.2) is 0 Å². The number of nitrogens with one attached hydrogen (secondary N) is 1. The Morgan fingerprint density at radius 2 is 1.85 bits per heavy atom. The number of hydrogen-bond donors (Lipinski definition) is 1. The topological polar surface area (TPSA) is 30.5 Å². The minimum absolute atomic E-state index is 0.246. The van der Waals surface area contributed by atoms with Gasteiger partial charge < -0.3 is 14.8 Å². The average molecular weight is 189 g/mol. The summed E-state index contributed by atoms with van der Waals surface area (Å²) < 4.78 is 10.9. The molecule has 80 valence electrons. The summed E-state index contributed by atoms with van der Waals surface area (Å²) in [7, 11) is 1.94. The summed E-state index contributed by atoms with van der Waals surface area (Å²) in [6, 6.07) is 0.395. The first kappa shape index (κ1) is 12.9. The minimum atomic E-state index is 0.246. The molecule has 0 aliphatic carbocycles. The Hall–Kier alpha value is -0.120. The van der Waals surface area contributed by atoms with Crippen LogP contribution in [0.25, 0.3) is 0 Å². The molecule has 3 heteroatoms. The summed E-state index contributed by atoms with van der Waals surface area (Å²) in [4.78, 5) is 0. The molecule has 3 nitrogen and oxygen atoms in total. The van der Waals surface area contributed by atoms with Crippen molar-refractivity contribution in [1.82, 2.24) is 5.32 Å². The molecule has 0 saturated heterocycles. The van der Waals surface area contributed by atoms with Crippen LogP contribution >= 0.6 is 0 Å². The van der Waals surface area contributed by atoms with Crippen molar-refractivity contribution in [2.75, 3.05) is 26.9 Å². The molecule has 0 aliphatic heterocycles. The number of ether oxygens (including phenoxy) is 2. The predicted octanol–water partition coefficient (Wildman–Crippen LogP) is 1.43. The fourth-order valence-electron chi connectivity index (χ4n) is 0.918. The molecule has 0 spiro atoms. The van der Waals surface area contributed by atoms with Crippen LogP contribution in [0.1, 0.15) is 27.2 Å². The lowest BCUT2D eigenvalue weighted by atomic mass is 10.2. The van der Waals surface area contributed by atoms with E-state index in [0.29, 0.717) is 19.3 Å². The maximum atomic E-state index is 5.55. The summed E-state index contributed by atoms with van der Waals surface area (Å²) in [5.74, 6) is 0. The van der Waals surface area contributed by atoms with Crippen LogP contribution in [0, 0.1) is 0 Å². The Balaban J connectivity index is 3.21. The smallest absolute Gasteiger partial charge is 0.0704 e. The lowest BCUT2D eigenvalue weighted by molar-refractivity contribution is 0.000719. The van der Waals surface area contributed by atoms with Gasteiger partial charge in [0.05, 0.1) is 19.3 Å². The Kier molecular flexibility index (Phi) is 8.40. The van der Waals surface area contributed by atoms with Crippen molar-refractivity contribution < 1.29 is 9.47 Å². The molecule has 0 aromatic carbocycles. The molecule has 0 aliphatic rings. The number of rotatable bonds is 8. The standard InChI is InChI=1S/C10H23NO2/c1-5-6-12-7-8-13-10(3)9(2)11-4/h9-11H,5-8H2,1-4H3. The van der Waals surface area contributed by atoms with Crippen LogP contribution in [0.2, 0.25) is 0 Å². The summed E-state index contributed by atoms with van der Waals surface area (Å²) in [6.07, 6.45) is 1.32. The van der Waals surface area contributed by atoms with Crippen molar-refractivity contribution in [3.05, 3.63) is 0 Å². The highest BCUT2D eigenvalue weighted by Gasteiger charge is 2.08. The van der Waals surface area contributed by atoms with E-state index in [-0.39, 0.29) is 6.10 Å². The zero-order valence-electron chi connectivity index (χ0n) is 9.30. The molecule has 0 radical (unpaired) electrons. The maximum absolute atomic E-state index is 5.55. The van der Waals surface area contributed by atoms with E-state index in [1.165, 1.54) is 0 Å². The second kappa shape index (κ2) is 8.48. The van der Waals surface area contributed by atoms with Crippen LogP contribution in [0.5, 0.6) is 0 Å². The van der Waals surface area contributed by atoms with E-state index in [0.717, 1.165) is 13.0 Å². The molecule has 0 amide bonds. The Bertz CT molecular complexity index is 109. The SMILES string of the molecule is CCCOCCOC(C)C(C)NC. The van der Waals surface area contributed by atoms with E-state index in [9.17, 15) is 0 Å². The van der Waals surface area contributed by atoms with Crippen molar-refractivity contribution in [3.63, 3.8) is 0 Å². The molecule has 2 unspecified atom stereocenters. The molecule has 0 bridgehead atoms. The van der Waals surface area contributed by atoms with Crippen LogP contribution in [-0.2, 0) is 9.47 Å². The first-order valence-electron chi connectivity index (χ1n) is 5.09. The van der Waals surface area contributed by atoms with Gasteiger partial charge >= 0.3 is 0 Å². The molecule has 1 N–H and O–H groups in total. The van der Waals surface area contributed by atoms with Crippen LogP contribution in [0.15, 0.2) is 0 Å². The van der Waals surface area contributed by atoms with Gasteiger partial charge in [-0.05, 0) is 27.3 Å². The summed E-state index contributed by atoms with van der Waals surface area (Å²) in [5.41, 5.74) is 0. The number of likely N-dealkylation sites (N-methyl/N-ethyl adjacent to an activating group) is 1. The monoisotopic (exact) mass is 189 g/mol. The lowest BCUT2D eigenvalue weighted by Crippen LogP contribution is -2.35. The quantitative estimate of drug-likeness (QED) is 0.586. The highest BCUT2D eigenvalue weighted by Crippen LogP contribution is 1.97. The maximum Gasteiger partial charge on any atom is 0.0704 e. The first-order chi connectivity index (χ1) is 6.22. The van der Waals surface area contributed by atoms with E-state index in [1.54, 1.807) is 0 Å². The number of hydrogen-bond acceptors (Lipinski definition) is 3. The molecule has 0 aromatic heterocycles. The van der Waals surface area contributed by atoms with E-state index >= 15 is 0 Å². The van der Waals surface area contributed by atoms with E-state index in [1.807, 2.05) is 7.05 Å². The second-order valence-corrected chi connectivity index (χ2v) is 3.27. The van der Waals surface area contributed by atoms with Crippen LogP contribution in [0.3, 0.4) is 0 Å². The van der Waals surface area contributed by atoms with E-state index < -0.39 is 0 Å². The molecule has 0 aromatic rings. The van der Waals surface area contributed by atoms with Gasteiger partial charge in [-0.1, -0.05) is 6.92 Å². The van der Waals surface area contributed by atoms with Gasteiger partial charge in [-0.3, -0.25) is 0 Å². The first-order valence-corrected chi connectivity index (χ1v) is 5.09. The molecule has 2 atom stereocenters. The van der Waals surface area contributed by atoms with Crippen molar-refractivity contribution >= 4 is 0 Å². The fourth-order valence-corrected chi connectivity index (χ4v) is 0.918. The normalized spacial score (nSPS) is 15.7. The summed E-state index contributed by atoms with van der Waals surface area (Å²) >= 11 is 0. The predicted molar refractivity (Wildman–Crippen MR) is 55.0 cm³/mol. The van der Waals surface area contributed by atoms with Gasteiger partial charge in [-0.15, -0.1) is 0 Å². The molecular formula is C10H23NO2. The van der Waals surface area contributed by atoms with Gasteiger partial charge in [0.25, 0.3) is 0 Å². The third kappa shape index (κ3) is 6.99. The third-order valence-corrected chi connectivity index (χ3v) is 2.12. The second-order valence-electron chi connectivity index (χ2n) is 3.27. The molecular weight excluding hydrogens is 166 g/mol. The van der Waals surface area contributed by atoms with E-state index in [2.05, 4.69) is 26.1 Å². The van der Waals surface area contributed by atoms with Crippen molar-refractivity contribution in [1.29, 1.82) is 0 Å². The average Bonchev–Trinajstić information content (AvgIpc) is 2.16. The highest BCUT2D eigenvalue weighted by atomic mass is 16.5. The summed E-state index contributed by atoms with van der Waals surface area (Å²) in [6.45, 7) is 8.51. The zero-order chi connectivity index (χ0) is 10.1. The third-order valence-electron chi connectivity index (χ3n) is 2.12. The van der Waals surface area contributed by atoms with Gasteiger partial charge in [0.1, 0.15) is 0 Å². The molecule has 0 heterocycles. The molecule has 13 heavy (non-hydrogen) atoms.